The largest absolute Gasteiger partial charge is 2.00 e. The van der Waals surface area contributed by atoms with Crippen LogP contribution in [0.3, 0.4) is 0 Å². The van der Waals surface area contributed by atoms with Crippen LogP contribution in [0, 0.1) is 18.2 Å². The summed E-state index contributed by atoms with van der Waals surface area (Å²) in [4.78, 5) is 3.31. The second-order valence-electron chi connectivity index (χ2n) is 4.39. The summed E-state index contributed by atoms with van der Waals surface area (Å²) >= 11 is 1.30. The molecular weight excluding hydrogens is 1130 g/mol. The summed E-state index contributed by atoms with van der Waals surface area (Å²) in [5.74, 6) is 0. The molecule has 0 unspecified atom stereocenters. The molecule has 210 valence electrons. The fourth-order valence-electron chi connectivity index (χ4n) is 0.290. The van der Waals surface area contributed by atoms with Crippen molar-refractivity contribution in [3.8, 4) is 0 Å². The Morgan fingerprint density at radius 3 is 0.972 bits per heavy atom. The topological polar surface area (TPSA) is 104 Å². The standard InChI is InChI=1S/C5H7N.C5H8N.2C4H6N2.4C2H6.4W/c1-4-5(2)6-3;1-3-5(2)4-6;1-3-4(2)6-5;1-3(5)4(2)6;4*1-2;;;;/h3H,1-2H3;4H2,1-2H3;2*1-2H3;4*1-2H3;;;;/q-2;-1;2*-2;;;;;;3*+2. The molecule has 0 bridgehead atoms. The average Bonchev–Trinajstić information content (AvgIpc) is 2.88. The van der Waals surface area contributed by atoms with Gasteiger partial charge in [0.15, 0.2) is 0 Å². The Kier molecular flexibility index (Phi) is 164. The van der Waals surface area contributed by atoms with E-state index in [1.54, 1.807) is 27.7 Å². The van der Waals surface area contributed by atoms with E-state index >= 15 is 0 Å². The molecule has 0 amide bonds. The summed E-state index contributed by atoms with van der Waals surface area (Å²) in [7, 11) is 0. The van der Waals surface area contributed by atoms with Crippen LogP contribution in [0.25, 0.3) is 16.3 Å². The maximum atomic E-state index is 8.26. The molecule has 36 heavy (non-hydrogen) atoms. The molecule has 0 aliphatic carbocycles. The van der Waals surface area contributed by atoms with E-state index in [0.29, 0.717) is 5.70 Å². The predicted octanol–water partition coefficient (Wildman–Crippen LogP) is 9.66. The molecule has 6 nitrogen and oxygen atoms in total. The van der Waals surface area contributed by atoms with Gasteiger partial charge in [-0.05, 0) is 0 Å². The van der Waals surface area contributed by atoms with Crippen molar-refractivity contribution >= 4 is 18.1 Å². The van der Waals surface area contributed by atoms with Gasteiger partial charge in [0.1, 0.15) is 0 Å². The molecule has 0 rings (SSSR count). The smallest absolute Gasteiger partial charge is 0.710 e. The minimum atomic E-state index is -0.0185. The van der Waals surface area contributed by atoms with Crippen molar-refractivity contribution in [3.05, 3.63) is 51.5 Å². The first-order valence-electron chi connectivity index (χ1n) is 11.2. The fourth-order valence-corrected chi connectivity index (χ4v) is 0.986. The first kappa shape index (κ1) is 70.7. The van der Waals surface area contributed by atoms with Crippen LogP contribution in [-0.4, -0.2) is 24.7 Å². The number of hydrogen-bond donors (Lipinski definition) is 0. The summed E-state index contributed by atoms with van der Waals surface area (Å²) in [6.07, 6.45) is 8.36. The van der Waals surface area contributed by atoms with E-state index in [-0.39, 0.29) is 74.6 Å². The van der Waals surface area contributed by atoms with Gasteiger partial charge in [0.25, 0.3) is 0 Å². The van der Waals surface area contributed by atoms with Crippen molar-refractivity contribution in [3.63, 3.8) is 0 Å². The molecule has 0 aromatic carbocycles. The molecule has 10 heteroatoms. The van der Waals surface area contributed by atoms with E-state index in [0.717, 1.165) is 12.2 Å². The Hall–Kier alpha value is 0.383. The molecule has 0 saturated heterocycles. The van der Waals surface area contributed by atoms with E-state index in [4.69, 9.17) is 23.1 Å². The molecule has 0 saturated carbocycles. The van der Waals surface area contributed by atoms with Gasteiger partial charge in [-0.2, -0.15) is 19.3 Å². The number of nitrogens with zero attached hydrogens (tertiary/aromatic N) is 6. The molecule has 0 fully saturated rings. The van der Waals surface area contributed by atoms with Crippen LogP contribution >= 0.6 is 0 Å². The third kappa shape index (κ3) is 127. The van der Waals surface area contributed by atoms with Gasteiger partial charge in [-0.25, -0.2) is 18.3 Å². The van der Waals surface area contributed by atoms with Crippen molar-refractivity contribution in [1.29, 1.82) is 0 Å². The first-order chi connectivity index (χ1) is 15.6. The summed E-state index contributed by atoms with van der Waals surface area (Å²) in [6, 6.07) is 0. The molecule has 0 aromatic heterocycles. The molecule has 0 heterocycles. The number of hydrogen-bond acceptors (Lipinski definition) is 3. The monoisotopic (exact) mass is 1180 g/mol. The number of allylic oxidation sites excluding steroid dienone is 5. The van der Waals surface area contributed by atoms with Gasteiger partial charge in [0, 0.05) is 0 Å². The Bertz CT molecular complexity index is 483. The van der Waals surface area contributed by atoms with Crippen molar-refractivity contribution in [2.24, 2.45) is 13.6 Å². The summed E-state index contributed by atoms with van der Waals surface area (Å²) in [5, 5.41) is 19.3. The second-order valence-corrected chi connectivity index (χ2v) is 5.32. The number of rotatable bonds is 5. The van der Waals surface area contributed by atoms with Crippen LogP contribution in [0.15, 0.2) is 30.6 Å². The molecule has 0 atom stereocenters. The van der Waals surface area contributed by atoms with Crippen LogP contribution < -0.4 is 0 Å². The second kappa shape index (κ2) is 83.5. The van der Waals surface area contributed by atoms with Gasteiger partial charge < -0.3 is 44.3 Å². The van der Waals surface area contributed by atoms with E-state index in [9.17, 15) is 0 Å². The Balaban J connectivity index is -0.0000000229. The van der Waals surface area contributed by atoms with Crippen molar-refractivity contribution in [1.82, 2.24) is 0 Å². The van der Waals surface area contributed by atoms with Gasteiger partial charge in [-0.15, -0.1) is 6.92 Å². The number of aliphatic imine (C=N–C) groups is 1. The van der Waals surface area contributed by atoms with Gasteiger partial charge in [0.2, 0.25) is 0 Å². The normalized spacial score (nSPS) is 7.94. The van der Waals surface area contributed by atoms with Crippen LogP contribution in [0.2, 0.25) is 0 Å². The van der Waals surface area contributed by atoms with Crippen LogP contribution in [0.4, 0.5) is 0 Å². The SMILES string of the molecule is CC.CC.CC.CC.CC(=[N-])C(C)=[N-].C[C-]=C(C)C[N]=[W].C[C-]=C(C)N=[N-].[CH-]=NC(C)=[C-]C.[W+2].[W+2].[W+2]. The quantitative estimate of drug-likeness (QED) is 0.149. The van der Waals surface area contributed by atoms with E-state index < -0.39 is 0 Å². The van der Waals surface area contributed by atoms with E-state index in [1.807, 2.05) is 69.2 Å². The third-order valence-corrected chi connectivity index (χ3v) is 2.78. The predicted molar refractivity (Wildman–Crippen MR) is 149 cm³/mol. The summed E-state index contributed by atoms with van der Waals surface area (Å²) < 4.78 is 3.99. The van der Waals surface area contributed by atoms with E-state index in [2.05, 4.69) is 31.8 Å². The molecule has 0 aliphatic rings. The van der Waals surface area contributed by atoms with Crippen molar-refractivity contribution in [2.45, 2.75) is 111 Å². The van der Waals surface area contributed by atoms with Crippen molar-refractivity contribution < 1.29 is 82.8 Å². The van der Waals surface area contributed by atoms with Crippen molar-refractivity contribution in [2.75, 3.05) is 6.54 Å². The van der Waals surface area contributed by atoms with Crippen LogP contribution in [-0.2, 0) is 82.8 Å². The van der Waals surface area contributed by atoms with Crippen LogP contribution in [0.1, 0.15) is 111 Å². The summed E-state index contributed by atoms with van der Waals surface area (Å²) in [6.45, 7) is 35.4. The molecule has 0 N–H and O–H groups in total. The van der Waals surface area contributed by atoms with Crippen LogP contribution in [0.5, 0.6) is 0 Å². The molecule has 0 radical (unpaired) electrons. The zero-order valence-corrected chi connectivity index (χ0v) is 37.3. The summed E-state index contributed by atoms with van der Waals surface area (Å²) in [5.41, 5.74) is 10.3. The Labute approximate surface area is 281 Å². The molecule has 0 aromatic rings. The zero-order valence-electron chi connectivity index (χ0n) is 25.6. The third-order valence-electron chi connectivity index (χ3n) is 2.32. The minimum absolute atomic E-state index is 0. The Morgan fingerprint density at radius 2 is 0.944 bits per heavy atom. The maximum Gasteiger partial charge on any atom is 2.00 e. The van der Waals surface area contributed by atoms with Gasteiger partial charge in [-0.1, -0.05) is 76.2 Å². The minimum Gasteiger partial charge on any atom is -0.710 e. The zero-order chi connectivity index (χ0) is 28.8. The van der Waals surface area contributed by atoms with E-state index in [1.165, 1.54) is 39.1 Å². The maximum absolute atomic E-state index is 8.26. The first-order valence-corrected chi connectivity index (χ1v) is 12.5. The van der Waals surface area contributed by atoms with Gasteiger partial charge in [-0.3, -0.25) is 0 Å². The van der Waals surface area contributed by atoms with Gasteiger partial charge in [0.05, 0.1) is 0 Å². The molecule has 0 spiro atoms. The average molecular weight is 1180 g/mol. The Morgan fingerprint density at radius 1 is 0.667 bits per heavy atom. The van der Waals surface area contributed by atoms with Gasteiger partial charge >= 0.3 is 118 Å². The molecular formula is C26H51N6W4-. The fraction of sp³-hybridized carbons (Fsp3) is 0.654. The molecule has 0 aliphatic heterocycles.